The Kier molecular flexibility index (Phi) is 4.69. The van der Waals surface area contributed by atoms with Crippen LogP contribution >= 0.6 is 0 Å². The first-order chi connectivity index (χ1) is 9.36. The molecule has 0 bridgehead atoms. The van der Waals surface area contributed by atoms with Crippen molar-refractivity contribution in [2.75, 3.05) is 12.8 Å². The van der Waals surface area contributed by atoms with Gasteiger partial charge in [0.15, 0.2) is 9.84 Å². The molecule has 0 radical (unpaired) electrons. The van der Waals surface area contributed by atoms with E-state index in [2.05, 4.69) is 5.32 Å². The second kappa shape index (κ2) is 5.64. The Bertz CT molecular complexity index is 626. The molecule has 0 aromatic heterocycles. The largest absolute Gasteiger partial charge is 0.401 e. The predicted octanol–water partition coefficient (Wildman–Crippen LogP) is 0.943. The average molecular weight is 324 g/mol. The standard InChI is InChI=1S/C12H15F3N2O3S/c1-11(10(16)18,17-7-12(13,14)15)8-3-5-9(6-4-8)21(2,19)20/h3-6,17H,7H2,1-2H3,(H2,16,18). The molecular weight excluding hydrogens is 309 g/mol. The van der Waals surface area contributed by atoms with Crippen LogP contribution in [0.4, 0.5) is 13.2 Å². The van der Waals surface area contributed by atoms with Crippen LogP contribution in [0.2, 0.25) is 0 Å². The Morgan fingerprint density at radius 3 is 2.05 bits per heavy atom. The molecule has 0 heterocycles. The van der Waals surface area contributed by atoms with Crippen LogP contribution in [-0.4, -0.2) is 33.3 Å². The number of nitrogens with one attached hydrogen (secondary N) is 1. The summed E-state index contributed by atoms with van der Waals surface area (Å²) in [6.45, 7) is -0.198. The quantitative estimate of drug-likeness (QED) is 0.844. The van der Waals surface area contributed by atoms with Gasteiger partial charge < -0.3 is 5.73 Å². The van der Waals surface area contributed by atoms with Crippen LogP contribution in [0, 0.1) is 0 Å². The van der Waals surface area contributed by atoms with Crippen LogP contribution < -0.4 is 11.1 Å². The molecule has 1 unspecified atom stereocenters. The fourth-order valence-corrected chi connectivity index (χ4v) is 2.27. The first-order valence-corrected chi connectivity index (χ1v) is 7.68. The number of benzene rings is 1. The van der Waals surface area contributed by atoms with E-state index in [9.17, 15) is 26.4 Å². The summed E-state index contributed by atoms with van der Waals surface area (Å²) in [7, 11) is -3.44. The minimum atomic E-state index is -4.51. The molecule has 21 heavy (non-hydrogen) atoms. The van der Waals surface area contributed by atoms with Gasteiger partial charge in [0.05, 0.1) is 11.4 Å². The lowest BCUT2D eigenvalue weighted by molar-refractivity contribution is -0.135. The van der Waals surface area contributed by atoms with Crippen molar-refractivity contribution in [1.29, 1.82) is 0 Å². The summed E-state index contributed by atoms with van der Waals surface area (Å²) in [5, 5.41) is 2.06. The molecule has 0 aliphatic carbocycles. The molecule has 1 amide bonds. The van der Waals surface area contributed by atoms with Gasteiger partial charge in [-0.25, -0.2) is 8.42 Å². The number of rotatable bonds is 5. The Morgan fingerprint density at radius 2 is 1.71 bits per heavy atom. The van der Waals surface area contributed by atoms with Gasteiger partial charge in [-0.05, 0) is 24.6 Å². The van der Waals surface area contributed by atoms with E-state index in [0.29, 0.717) is 0 Å². The number of amides is 1. The molecule has 3 N–H and O–H groups in total. The van der Waals surface area contributed by atoms with Crippen molar-refractivity contribution in [2.45, 2.75) is 23.5 Å². The van der Waals surface area contributed by atoms with Gasteiger partial charge in [-0.2, -0.15) is 13.2 Å². The monoisotopic (exact) mass is 324 g/mol. The molecule has 0 fully saturated rings. The van der Waals surface area contributed by atoms with Crippen molar-refractivity contribution in [1.82, 2.24) is 5.32 Å². The molecule has 0 spiro atoms. The van der Waals surface area contributed by atoms with Crippen molar-refractivity contribution >= 4 is 15.7 Å². The summed E-state index contributed by atoms with van der Waals surface area (Å²) >= 11 is 0. The smallest absolute Gasteiger partial charge is 0.368 e. The van der Waals surface area contributed by atoms with Gasteiger partial charge in [0.2, 0.25) is 5.91 Å². The highest BCUT2D eigenvalue weighted by Crippen LogP contribution is 2.24. The molecule has 9 heteroatoms. The lowest BCUT2D eigenvalue weighted by Gasteiger charge is -2.28. The SMILES string of the molecule is CC(NCC(F)(F)F)(C(N)=O)c1ccc(S(C)(=O)=O)cc1. The van der Waals surface area contributed by atoms with Gasteiger partial charge in [0, 0.05) is 6.26 Å². The third-order valence-electron chi connectivity index (χ3n) is 3.00. The topological polar surface area (TPSA) is 89.3 Å². The summed E-state index contributed by atoms with van der Waals surface area (Å²) in [4.78, 5) is 11.5. The minimum Gasteiger partial charge on any atom is -0.368 e. The van der Waals surface area contributed by atoms with Gasteiger partial charge in [-0.1, -0.05) is 12.1 Å². The van der Waals surface area contributed by atoms with Crippen molar-refractivity contribution < 1.29 is 26.4 Å². The molecule has 1 atom stereocenters. The summed E-state index contributed by atoms with van der Waals surface area (Å²) in [5.74, 6) is -1.00. The van der Waals surface area contributed by atoms with Crippen LogP contribution in [0.5, 0.6) is 0 Å². The predicted molar refractivity (Wildman–Crippen MR) is 70.2 cm³/mol. The van der Waals surface area contributed by atoms with Gasteiger partial charge in [-0.3, -0.25) is 10.1 Å². The number of nitrogens with two attached hydrogens (primary N) is 1. The first-order valence-electron chi connectivity index (χ1n) is 5.78. The minimum absolute atomic E-state index is 0.00566. The molecular formula is C12H15F3N2O3S. The maximum absolute atomic E-state index is 12.3. The van der Waals surface area contributed by atoms with E-state index in [4.69, 9.17) is 5.73 Å². The zero-order valence-corrected chi connectivity index (χ0v) is 12.2. The molecule has 0 saturated carbocycles. The van der Waals surface area contributed by atoms with E-state index in [-0.39, 0.29) is 10.5 Å². The lowest BCUT2D eigenvalue weighted by Crippen LogP contribution is -2.53. The number of hydrogen-bond donors (Lipinski definition) is 2. The maximum Gasteiger partial charge on any atom is 0.401 e. The van der Waals surface area contributed by atoms with Gasteiger partial charge in [-0.15, -0.1) is 0 Å². The zero-order chi connectivity index (χ0) is 16.5. The Balaban J connectivity index is 3.14. The molecule has 1 aromatic carbocycles. The molecule has 118 valence electrons. The van der Waals surface area contributed by atoms with Crippen molar-refractivity contribution in [2.24, 2.45) is 5.73 Å². The number of carbonyl (C=O) groups is 1. The fourth-order valence-electron chi connectivity index (χ4n) is 1.64. The Labute approximate surface area is 120 Å². The Morgan fingerprint density at radius 1 is 1.24 bits per heavy atom. The van der Waals surface area contributed by atoms with E-state index in [1.54, 1.807) is 0 Å². The van der Waals surface area contributed by atoms with E-state index in [1.165, 1.54) is 31.2 Å². The highest BCUT2D eigenvalue weighted by molar-refractivity contribution is 7.90. The molecule has 0 aliphatic heterocycles. The number of halogens is 3. The third kappa shape index (κ3) is 4.43. The van der Waals surface area contributed by atoms with Gasteiger partial charge >= 0.3 is 6.18 Å². The molecule has 0 saturated heterocycles. The van der Waals surface area contributed by atoms with Crippen molar-refractivity contribution in [3.05, 3.63) is 29.8 Å². The molecule has 5 nitrogen and oxygen atoms in total. The normalized spacial score (nSPS) is 15.5. The summed E-state index contributed by atoms with van der Waals surface area (Å²) < 4.78 is 59.5. The van der Waals surface area contributed by atoms with Crippen LogP contribution in [0.3, 0.4) is 0 Å². The first kappa shape index (κ1) is 17.4. The fraction of sp³-hybridized carbons (Fsp3) is 0.417. The molecule has 1 aromatic rings. The number of primary amides is 1. The number of alkyl halides is 3. The molecule has 0 aliphatic rings. The van der Waals surface area contributed by atoms with E-state index < -0.39 is 34.0 Å². The van der Waals surface area contributed by atoms with Gasteiger partial charge in [0.1, 0.15) is 5.54 Å². The summed E-state index contributed by atoms with van der Waals surface area (Å²) in [5.41, 5.74) is 3.56. The average Bonchev–Trinajstić information content (AvgIpc) is 2.34. The second-order valence-corrected chi connectivity index (χ2v) is 6.77. The van der Waals surface area contributed by atoms with E-state index >= 15 is 0 Å². The highest BCUT2D eigenvalue weighted by Gasteiger charge is 2.37. The lowest BCUT2D eigenvalue weighted by atomic mass is 9.91. The number of hydrogen-bond acceptors (Lipinski definition) is 4. The maximum atomic E-state index is 12.3. The van der Waals surface area contributed by atoms with Crippen LogP contribution in [-0.2, 0) is 20.2 Å². The molecule has 1 rings (SSSR count). The van der Waals surface area contributed by atoms with Crippen molar-refractivity contribution in [3.63, 3.8) is 0 Å². The zero-order valence-electron chi connectivity index (χ0n) is 11.4. The summed E-state index contributed by atoms with van der Waals surface area (Å²) in [6.07, 6.45) is -3.51. The van der Waals surface area contributed by atoms with Crippen LogP contribution in [0.1, 0.15) is 12.5 Å². The highest BCUT2D eigenvalue weighted by atomic mass is 32.2. The Hall–Kier alpha value is -1.61. The van der Waals surface area contributed by atoms with Crippen molar-refractivity contribution in [3.8, 4) is 0 Å². The van der Waals surface area contributed by atoms with E-state index in [1.807, 2.05) is 0 Å². The van der Waals surface area contributed by atoms with E-state index in [0.717, 1.165) is 6.26 Å². The third-order valence-corrected chi connectivity index (χ3v) is 4.12. The van der Waals surface area contributed by atoms with Gasteiger partial charge in [0.25, 0.3) is 0 Å². The van der Waals surface area contributed by atoms with Crippen LogP contribution in [0.25, 0.3) is 0 Å². The number of sulfone groups is 1. The second-order valence-electron chi connectivity index (χ2n) is 4.75. The van der Waals surface area contributed by atoms with Crippen LogP contribution in [0.15, 0.2) is 29.2 Å². The summed E-state index contributed by atoms with van der Waals surface area (Å²) in [6, 6.07) is 4.93. The number of carbonyl (C=O) groups excluding carboxylic acids is 1.